The largest absolute Gasteiger partial charge is 0.488 e. The van der Waals surface area contributed by atoms with Gasteiger partial charge in [-0.2, -0.15) is 5.26 Å². The van der Waals surface area contributed by atoms with E-state index < -0.39 is 11.9 Å². The Morgan fingerprint density at radius 3 is 2.69 bits per heavy atom. The molecule has 0 aliphatic carbocycles. The standard InChI is InChI=1S/C24H15BrClN3O3/c25-18-8-9-22(32-14-16-5-2-1-4-15(16)13-27)17(10-18)11-21-23(30)29(24(31)28-21)20-7-3-6-19(26)12-20/h1-12H,14H2,(H,28,31)/b21-11+. The predicted octanol–water partition coefficient (Wildman–Crippen LogP) is 5.65. The van der Waals surface area contributed by atoms with E-state index in [-0.39, 0.29) is 12.3 Å². The molecule has 4 rings (SSSR count). The summed E-state index contributed by atoms with van der Waals surface area (Å²) in [6, 6.07) is 20.6. The second-order valence-electron chi connectivity index (χ2n) is 6.85. The lowest BCUT2D eigenvalue weighted by Gasteiger charge is -2.12. The monoisotopic (exact) mass is 507 g/mol. The van der Waals surface area contributed by atoms with Crippen LogP contribution in [0.3, 0.4) is 0 Å². The minimum absolute atomic E-state index is 0.107. The van der Waals surface area contributed by atoms with Gasteiger partial charge in [-0.15, -0.1) is 0 Å². The van der Waals surface area contributed by atoms with Gasteiger partial charge in [0.25, 0.3) is 5.91 Å². The molecular weight excluding hydrogens is 494 g/mol. The van der Waals surface area contributed by atoms with Crippen molar-refractivity contribution in [2.75, 3.05) is 4.90 Å². The zero-order valence-electron chi connectivity index (χ0n) is 16.5. The lowest BCUT2D eigenvalue weighted by Crippen LogP contribution is -2.30. The number of carbonyl (C=O) groups is 2. The number of hydrogen-bond acceptors (Lipinski definition) is 4. The van der Waals surface area contributed by atoms with Gasteiger partial charge in [-0.1, -0.05) is 51.8 Å². The maximum absolute atomic E-state index is 12.9. The van der Waals surface area contributed by atoms with Crippen LogP contribution in [-0.4, -0.2) is 11.9 Å². The van der Waals surface area contributed by atoms with Crippen molar-refractivity contribution in [3.8, 4) is 11.8 Å². The van der Waals surface area contributed by atoms with Crippen LogP contribution in [0.15, 0.2) is 76.9 Å². The molecule has 0 aromatic heterocycles. The first-order valence-electron chi connectivity index (χ1n) is 9.49. The Labute approximate surface area is 197 Å². The number of amides is 3. The van der Waals surface area contributed by atoms with E-state index in [2.05, 4.69) is 27.3 Å². The summed E-state index contributed by atoms with van der Waals surface area (Å²) in [7, 11) is 0. The summed E-state index contributed by atoms with van der Waals surface area (Å²) >= 11 is 9.43. The number of hydrogen-bond donors (Lipinski definition) is 1. The Bertz CT molecular complexity index is 1300. The normalized spacial score (nSPS) is 14.4. The Hall–Kier alpha value is -3.60. The topological polar surface area (TPSA) is 82.4 Å². The van der Waals surface area contributed by atoms with Crippen molar-refractivity contribution in [1.82, 2.24) is 5.32 Å². The van der Waals surface area contributed by atoms with Gasteiger partial charge in [-0.3, -0.25) is 4.79 Å². The predicted molar refractivity (Wildman–Crippen MR) is 125 cm³/mol. The number of imide groups is 1. The van der Waals surface area contributed by atoms with Crippen molar-refractivity contribution < 1.29 is 14.3 Å². The van der Waals surface area contributed by atoms with E-state index in [1.165, 1.54) is 0 Å². The highest BCUT2D eigenvalue weighted by Gasteiger charge is 2.35. The molecule has 1 aliphatic heterocycles. The molecule has 0 spiro atoms. The number of nitrogens with zero attached hydrogens (tertiary/aromatic N) is 2. The molecule has 1 fully saturated rings. The molecule has 0 unspecified atom stereocenters. The molecule has 0 bridgehead atoms. The minimum Gasteiger partial charge on any atom is -0.488 e. The van der Waals surface area contributed by atoms with Crippen molar-refractivity contribution in [3.63, 3.8) is 0 Å². The van der Waals surface area contributed by atoms with Crippen molar-refractivity contribution in [3.05, 3.63) is 98.6 Å². The average molecular weight is 509 g/mol. The number of ether oxygens (including phenoxy) is 1. The molecule has 1 N–H and O–H groups in total. The summed E-state index contributed by atoms with van der Waals surface area (Å²) in [4.78, 5) is 26.4. The lowest BCUT2D eigenvalue weighted by molar-refractivity contribution is -0.113. The van der Waals surface area contributed by atoms with Crippen LogP contribution in [0.5, 0.6) is 5.75 Å². The summed E-state index contributed by atoms with van der Waals surface area (Å²) < 4.78 is 6.72. The second kappa shape index (κ2) is 9.27. The fourth-order valence-electron chi connectivity index (χ4n) is 3.21. The first-order chi connectivity index (χ1) is 15.5. The quantitative estimate of drug-likeness (QED) is 0.357. The number of nitriles is 1. The molecule has 3 aromatic carbocycles. The van der Waals surface area contributed by atoms with Crippen LogP contribution in [0.2, 0.25) is 5.02 Å². The molecule has 3 amide bonds. The van der Waals surface area contributed by atoms with Gasteiger partial charge < -0.3 is 10.1 Å². The molecule has 3 aromatic rings. The molecule has 8 heteroatoms. The molecule has 6 nitrogen and oxygen atoms in total. The van der Waals surface area contributed by atoms with Crippen LogP contribution in [0.4, 0.5) is 10.5 Å². The van der Waals surface area contributed by atoms with E-state index in [0.717, 1.165) is 14.9 Å². The van der Waals surface area contributed by atoms with Gasteiger partial charge in [0.15, 0.2) is 0 Å². The highest BCUT2D eigenvalue weighted by Crippen LogP contribution is 2.29. The summed E-state index contributed by atoms with van der Waals surface area (Å²) in [6.45, 7) is 0.177. The smallest absolute Gasteiger partial charge is 0.333 e. The average Bonchev–Trinajstić information content (AvgIpc) is 3.06. The van der Waals surface area contributed by atoms with Gasteiger partial charge in [0.05, 0.1) is 17.3 Å². The maximum atomic E-state index is 12.9. The highest BCUT2D eigenvalue weighted by atomic mass is 79.9. The molecule has 32 heavy (non-hydrogen) atoms. The number of urea groups is 1. The fourth-order valence-corrected chi connectivity index (χ4v) is 3.78. The number of halogens is 2. The number of anilines is 1. The molecule has 1 saturated heterocycles. The van der Waals surface area contributed by atoms with E-state index in [0.29, 0.717) is 27.6 Å². The van der Waals surface area contributed by atoms with Crippen LogP contribution in [0, 0.1) is 11.3 Å². The summed E-state index contributed by atoms with van der Waals surface area (Å²) in [5.41, 5.74) is 2.34. The third-order valence-corrected chi connectivity index (χ3v) is 5.47. The Balaban J connectivity index is 1.63. The first-order valence-corrected chi connectivity index (χ1v) is 10.7. The van der Waals surface area contributed by atoms with E-state index in [1.54, 1.807) is 60.7 Å². The van der Waals surface area contributed by atoms with E-state index in [9.17, 15) is 14.9 Å². The van der Waals surface area contributed by atoms with Gasteiger partial charge >= 0.3 is 6.03 Å². The van der Waals surface area contributed by atoms with Crippen LogP contribution >= 0.6 is 27.5 Å². The first kappa shape index (κ1) is 21.6. The summed E-state index contributed by atoms with van der Waals surface area (Å²) in [6.07, 6.45) is 1.56. The van der Waals surface area contributed by atoms with Crippen molar-refractivity contribution in [2.45, 2.75) is 6.61 Å². The lowest BCUT2D eigenvalue weighted by atomic mass is 10.1. The van der Waals surface area contributed by atoms with Crippen LogP contribution in [0.25, 0.3) is 6.08 Å². The van der Waals surface area contributed by atoms with Crippen molar-refractivity contribution in [1.29, 1.82) is 5.26 Å². The third kappa shape index (κ3) is 4.52. The third-order valence-electron chi connectivity index (χ3n) is 4.74. The molecular formula is C24H15BrClN3O3. The van der Waals surface area contributed by atoms with Crippen LogP contribution in [-0.2, 0) is 11.4 Å². The van der Waals surface area contributed by atoms with E-state index in [4.69, 9.17) is 16.3 Å². The van der Waals surface area contributed by atoms with Gasteiger partial charge in [-0.25, -0.2) is 9.69 Å². The summed E-state index contributed by atoms with van der Waals surface area (Å²) in [5, 5.41) is 12.3. The molecule has 0 radical (unpaired) electrons. The number of benzene rings is 3. The Morgan fingerprint density at radius 1 is 1.09 bits per heavy atom. The van der Waals surface area contributed by atoms with Gasteiger partial charge in [-0.05, 0) is 48.5 Å². The summed E-state index contributed by atoms with van der Waals surface area (Å²) in [5.74, 6) is -0.00489. The second-order valence-corrected chi connectivity index (χ2v) is 8.20. The van der Waals surface area contributed by atoms with Crippen molar-refractivity contribution >= 4 is 51.2 Å². The van der Waals surface area contributed by atoms with Gasteiger partial charge in [0, 0.05) is 20.6 Å². The van der Waals surface area contributed by atoms with E-state index >= 15 is 0 Å². The van der Waals surface area contributed by atoms with Gasteiger partial charge in [0.2, 0.25) is 0 Å². The number of nitrogens with one attached hydrogen (secondary N) is 1. The maximum Gasteiger partial charge on any atom is 0.333 e. The van der Waals surface area contributed by atoms with Crippen molar-refractivity contribution in [2.24, 2.45) is 0 Å². The SMILES string of the molecule is N#Cc1ccccc1COc1ccc(Br)cc1/C=C1/NC(=O)N(c2cccc(Cl)c2)C1=O. The molecule has 0 saturated carbocycles. The highest BCUT2D eigenvalue weighted by molar-refractivity contribution is 9.10. The zero-order chi connectivity index (χ0) is 22.7. The Morgan fingerprint density at radius 2 is 1.91 bits per heavy atom. The van der Waals surface area contributed by atoms with Crippen LogP contribution in [0.1, 0.15) is 16.7 Å². The van der Waals surface area contributed by atoms with Crippen LogP contribution < -0.4 is 15.0 Å². The van der Waals surface area contributed by atoms with E-state index in [1.807, 2.05) is 12.1 Å². The number of rotatable bonds is 5. The molecule has 158 valence electrons. The molecule has 0 atom stereocenters. The zero-order valence-corrected chi connectivity index (χ0v) is 18.9. The number of carbonyl (C=O) groups excluding carboxylic acids is 2. The molecule has 1 heterocycles. The molecule has 1 aliphatic rings. The Kier molecular flexibility index (Phi) is 6.26. The minimum atomic E-state index is -0.566. The fraction of sp³-hybridized carbons (Fsp3) is 0.0417. The van der Waals surface area contributed by atoms with Gasteiger partial charge in [0.1, 0.15) is 18.1 Å².